The van der Waals surface area contributed by atoms with E-state index in [0.717, 1.165) is 35.6 Å². The number of fused-ring (bicyclic) bond motifs is 1. The van der Waals surface area contributed by atoms with Crippen LogP contribution in [0.25, 0.3) is 0 Å². The number of hydrogen-bond acceptors (Lipinski definition) is 6. The molecule has 0 spiro atoms. The van der Waals surface area contributed by atoms with Gasteiger partial charge in [-0.3, -0.25) is 9.48 Å². The summed E-state index contributed by atoms with van der Waals surface area (Å²) in [5.74, 6) is 1.40. The van der Waals surface area contributed by atoms with E-state index in [0.29, 0.717) is 25.4 Å². The SMILES string of the molecule is CC(C)(C)OC(=O)N1CCC(n2nc(OC=O)c3c2CCS3)CC1. The van der Waals surface area contributed by atoms with Crippen LogP contribution >= 0.6 is 11.8 Å². The Balaban J connectivity index is 1.66. The Morgan fingerprint density at radius 3 is 2.67 bits per heavy atom. The van der Waals surface area contributed by atoms with Crippen LogP contribution in [0.1, 0.15) is 45.3 Å². The molecule has 1 aromatic heterocycles. The molecule has 2 aliphatic rings. The average molecular weight is 353 g/mol. The molecule has 1 aromatic rings. The van der Waals surface area contributed by atoms with Gasteiger partial charge in [-0.15, -0.1) is 16.9 Å². The van der Waals surface area contributed by atoms with E-state index >= 15 is 0 Å². The second-order valence-electron chi connectivity index (χ2n) is 7.04. The molecule has 3 rings (SSSR count). The fourth-order valence-corrected chi connectivity index (χ4v) is 4.17. The van der Waals surface area contributed by atoms with Gasteiger partial charge in [-0.25, -0.2) is 4.79 Å². The molecule has 24 heavy (non-hydrogen) atoms. The van der Waals surface area contributed by atoms with Crippen molar-refractivity contribution in [1.29, 1.82) is 0 Å². The summed E-state index contributed by atoms with van der Waals surface area (Å²) < 4.78 is 12.4. The Morgan fingerprint density at radius 2 is 2.04 bits per heavy atom. The third-order valence-corrected chi connectivity index (χ3v) is 5.25. The molecule has 2 aliphatic heterocycles. The minimum absolute atomic E-state index is 0.222. The van der Waals surface area contributed by atoms with Gasteiger partial charge in [0.2, 0.25) is 0 Å². The van der Waals surface area contributed by atoms with Crippen LogP contribution < -0.4 is 4.74 Å². The van der Waals surface area contributed by atoms with E-state index in [9.17, 15) is 9.59 Å². The predicted molar refractivity (Wildman–Crippen MR) is 89.4 cm³/mol. The average Bonchev–Trinajstić information content (AvgIpc) is 3.10. The zero-order valence-electron chi connectivity index (χ0n) is 14.3. The normalized spacial score (nSPS) is 18.4. The molecule has 0 saturated carbocycles. The number of carbonyl (C=O) groups is 2. The molecule has 0 radical (unpaired) electrons. The molecule has 8 heteroatoms. The highest BCUT2D eigenvalue weighted by Crippen LogP contribution is 2.41. The lowest BCUT2D eigenvalue weighted by atomic mass is 10.1. The first kappa shape index (κ1) is 17.1. The number of carbonyl (C=O) groups excluding carboxylic acids is 2. The summed E-state index contributed by atoms with van der Waals surface area (Å²) in [7, 11) is 0. The summed E-state index contributed by atoms with van der Waals surface area (Å²) in [5, 5.41) is 4.48. The van der Waals surface area contributed by atoms with Gasteiger partial charge in [0.25, 0.3) is 12.4 Å². The summed E-state index contributed by atoms with van der Waals surface area (Å²) in [4.78, 5) is 25.5. The number of piperidine rings is 1. The molecule has 0 aliphatic carbocycles. The molecule has 0 N–H and O–H groups in total. The van der Waals surface area contributed by atoms with Crippen LogP contribution in [-0.4, -0.2) is 51.7 Å². The van der Waals surface area contributed by atoms with E-state index in [-0.39, 0.29) is 12.1 Å². The minimum Gasteiger partial charge on any atom is -0.444 e. The summed E-state index contributed by atoms with van der Waals surface area (Å²) in [6.07, 6.45) is 2.31. The van der Waals surface area contributed by atoms with Crippen LogP contribution in [0.5, 0.6) is 5.88 Å². The van der Waals surface area contributed by atoms with Gasteiger partial charge >= 0.3 is 6.09 Å². The van der Waals surface area contributed by atoms with Crippen LogP contribution in [0.2, 0.25) is 0 Å². The topological polar surface area (TPSA) is 73.7 Å². The van der Waals surface area contributed by atoms with Crippen molar-refractivity contribution in [1.82, 2.24) is 14.7 Å². The third kappa shape index (κ3) is 3.53. The number of likely N-dealkylation sites (tertiary alicyclic amines) is 1. The molecule has 1 fully saturated rings. The number of hydrogen-bond donors (Lipinski definition) is 0. The summed E-state index contributed by atoms with van der Waals surface area (Å²) in [6.45, 7) is 7.33. The van der Waals surface area contributed by atoms with Crippen molar-refractivity contribution in [2.75, 3.05) is 18.8 Å². The highest BCUT2D eigenvalue weighted by molar-refractivity contribution is 7.99. The lowest BCUT2D eigenvalue weighted by Gasteiger charge is -2.33. The first-order valence-electron chi connectivity index (χ1n) is 8.21. The monoisotopic (exact) mass is 353 g/mol. The molecule has 132 valence electrons. The van der Waals surface area contributed by atoms with Crippen molar-refractivity contribution >= 4 is 24.3 Å². The number of rotatable bonds is 3. The van der Waals surface area contributed by atoms with E-state index in [1.54, 1.807) is 16.7 Å². The van der Waals surface area contributed by atoms with Crippen LogP contribution in [0.15, 0.2) is 4.90 Å². The van der Waals surface area contributed by atoms with Crippen LogP contribution in [-0.2, 0) is 16.0 Å². The fraction of sp³-hybridized carbons (Fsp3) is 0.688. The maximum absolute atomic E-state index is 12.2. The van der Waals surface area contributed by atoms with Crippen molar-refractivity contribution in [3.8, 4) is 5.88 Å². The Morgan fingerprint density at radius 1 is 1.33 bits per heavy atom. The summed E-state index contributed by atoms with van der Waals surface area (Å²) in [5.41, 5.74) is 0.669. The fourth-order valence-electron chi connectivity index (χ4n) is 3.10. The number of thioether (sulfide) groups is 1. The second kappa shape index (κ2) is 6.66. The zero-order chi connectivity index (χ0) is 17.3. The molecular weight excluding hydrogens is 330 g/mol. The number of amides is 1. The molecule has 0 bridgehead atoms. The van der Waals surface area contributed by atoms with E-state index in [2.05, 4.69) is 5.10 Å². The van der Waals surface area contributed by atoms with Crippen molar-refractivity contribution in [3.05, 3.63) is 5.69 Å². The number of aromatic nitrogens is 2. The standard InChI is InChI=1S/C16H23N3O4S/c1-16(2,3)23-15(21)18-7-4-11(5-8-18)19-12-6-9-24-13(12)14(17-19)22-10-20/h10-11H,4-9H2,1-3H3. The van der Waals surface area contributed by atoms with Gasteiger partial charge in [0.05, 0.1) is 16.6 Å². The number of ether oxygens (including phenoxy) is 2. The Hall–Kier alpha value is -1.70. The van der Waals surface area contributed by atoms with Gasteiger partial charge in [0.1, 0.15) is 5.60 Å². The predicted octanol–water partition coefficient (Wildman–Crippen LogP) is 2.64. The molecule has 3 heterocycles. The molecule has 1 saturated heterocycles. The zero-order valence-corrected chi connectivity index (χ0v) is 15.1. The quantitative estimate of drug-likeness (QED) is 0.778. The van der Waals surface area contributed by atoms with E-state index in [4.69, 9.17) is 9.47 Å². The van der Waals surface area contributed by atoms with E-state index in [1.807, 2.05) is 25.5 Å². The van der Waals surface area contributed by atoms with Gasteiger partial charge in [0, 0.05) is 25.3 Å². The van der Waals surface area contributed by atoms with E-state index in [1.165, 1.54) is 0 Å². The summed E-state index contributed by atoms with van der Waals surface area (Å²) in [6, 6.07) is 0.222. The highest BCUT2D eigenvalue weighted by atomic mass is 32.2. The van der Waals surface area contributed by atoms with Crippen molar-refractivity contribution in [2.24, 2.45) is 0 Å². The van der Waals surface area contributed by atoms with Crippen molar-refractivity contribution in [3.63, 3.8) is 0 Å². The molecular formula is C16H23N3O4S. The smallest absolute Gasteiger partial charge is 0.410 e. The lowest BCUT2D eigenvalue weighted by Crippen LogP contribution is -2.42. The van der Waals surface area contributed by atoms with Gasteiger partial charge < -0.3 is 14.4 Å². The molecule has 1 amide bonds. The number of nitrogens with zero attached hydrogens (tertiary/aromatic N) is 3. The third-order valence-electron chi connectivity index (χ3n) is 4.14. The minimum atomic E-state index is -0.477. The van der Waals surface area contributed by atoms with E-state index < -0.39 is 5.60 Å². The van der Waals surface area contributed by atoms with Crippen LogP contribution in [0.3, 0.4) is 0 Å². The van der Waals surface area contributed by atoms with Gasteiger partial charge in [0.15, 0.2) is 0 Å². The first-order valence-corrected chi connectivity index (χ1v) is 9.20. The van der Waals surface area contributed by atoms with Crippen LogP contribution in [0, 0.1) is 0 Å². The first-order chi connectivity index (χ1) is 11.4. The molecule has 0 atom stereocenters. The Labute approximate surface area is 145 Å². The largest absolute Gasteiger partial charge is 0.444 e. The molecule has 0 aromatic carbocycles. The second-order valence-corrected chi connectivity index (χ2v) is 8.14. The Kier molecular flexibility index (Phi) is 4.76. The van der Waals surface area contributed by atoms with Gasteiger partial charge in [-0.05, 0) is 33.6 Å². The van der Waals surface area contributed by atoms with Gasteiger partial charge in [-0.1, -0.05) is 0 Å². The van der Waals surface area contributed by atoms with Crippen molar-refractivity contribution < 1.29 is 19.1 Å². The molecule has 0 unspecified atom stereocenters. The maximum Gasteiger partial charge on any atom is 0.410 e. The highest BCUT2D eigenvalue weighted by Gasteiger charge is 2.32. The summed E-state index contributed by atoms with van der Waals surface area (Å²) >= 11 is 1.68. The van der Waals surface area contributed by atoms with Gasteiger partial charge in [-0.2, -0.15) is 0 Å². The van der Waals surface area contributed by atoms with Crippen molar-refractivity contribution in [2.45, 2.75) is 56.6 Å². The van der Waals surface area contributed by atoms with Crippen LogP contribution in [0.4, 0.5) is 4.79 Å². The molecule has 7 nitrogen and oxygen atoms in total. The Bertz CT molecular complexity index is 630. The lowest BCUT2D eigenvalue weighted by molar-refractivity contribution is -0.121. The maximum atomic E-state index is 12.2.